The number of esters is 1. The third-order valence-corrected chi connectivity index (χ3v) is 12.8. The van der Waals surface area contributed by atoms with Gasteiger partial charge in [-0.05, 0) is 155 Å². The van der Waals surface area contributed by atoms with E-state index in [1.54, 1.807) is 6.92 Å². The Morgan fingerprint density at radius 2 is 1.21 bits per heavy atom. The first-order chi connectivity index (χ1) is 29.2. The van der Waals surface area contributed by atoms with Crippen LogP contribution in [0.25, 0.3) is 10.8 Å². The fraction of sp³-hybridized carbons (Fsp3) is 0.327. The Balaban J connectivity index is 1.22. The minimum atomic E-state index is -0.505. The summed E-state index contributed by atoms with van der Waals surface area (Å²) >= 11 is 0. The molecule has 6 nitrogen and oxygen atoms in total. The molecule has 2 N–H and O–H groups in total. The van der Waals surface area contributed by atoms with Gasteiger partial charge in [0.1, 0.15) is 0 Å². The minimum absolute atomic E-state index is 0.0386. The topological polar surface area (TPSA) is 65.0 Å². The molecule has 1 saturated carbocycles. The summed E-state index contributed by atoms with van der Waals surface area (Å²) in [7, 11) is 4.32. The summed E-state index contributed by atoms with van der Waals surface area (Å²) in [4.78, 5) is 16.5. The van der Waals surface area contributed by atoms with Crippen molar-refractivity contribution in [1.29, 1.82) is 0 Å². The Bertz CT molecular complexity index is 2390. The third kappa shape index (κ3) is 9.40. The number of carbonyl (C=O) groups is 1. The van der Waals surface area contributed by atoms with Crippen molar-refractivity contribution in [3.8, 4) is 0 Å². The van der Waals surface area contributed by atoms with Gasteiger partial charge < -0.3 is 25.0 Å². The largest absolute Gasteiger partial charge is 0.462 e. The molecule has 0 heterocycles. The SMILES string of the molecule is C=C(C)C(=O)OCCC1CCC(Nc2ccc(C(c3ccc(N(C)c4c(C)cc(C)cc4C)cc3)c3ccc(N(C)c4c(C)cc(C)cc4C)cc3)c3ccccc23)C(O)C1. The average Bonchev–Trinajstić information content (AvgIpc) is 3.22. The van der Waals surface area contributed by atoms with Crippen molar-refractivity contribution in [2.24, 2.45) is 5.92 Å². The van der Waals surface area contributed by atoms with Gasteiger partial charge in [-0.15, -0.1) is 0 Å². The Morgan fingerprint density at radius 1 is 0.721 bits per heavy atom. The van der Waals surface area contributed by atoms with Crippen molar-refractivity contribution < 1.29 is 14.6 Å². The van der Waals surface area contributed by atoms with Crippen LogP contribution in [0.5, 0.6) is 0 Å². The second kappa shape index (κ2) is 18.4. The quantitative estimate of drug-likeness (QED) is 0.0688. The standard InChI is InChI=1S/C55H63N3O3/c1-34(2)55(60)61-28-27-41-15-25-50(51(59)33-41)56-49-26-24-48(46-13-11-12-14-47(46)49)52(42-16-20-44(21-17-42)57(9)53-37(5)29-35(3)30-38(53)6)43-18-22-45(23-19-43)58(10)54-39(7)31-36(4)32-40(54)8/h11-14,16-24,26,29-32,41,50-52,56,59H,1,15,25,27-28,33H2,2-10H3. The number of carbonyl (C=O) groups excluding carboxylic acids is 1. The molecule has 0 saturated heterocycles. The predicted molar refractivity (Wildman–Crippen MR) is 256 cm³/mol. The van der Waals surface area contributed by atoms with Gasteiger partial charge in [-0.1, -0.05) is 96.6 Å². The average molecular weight is 814 g/mol. The van der Waals surface area contributed by atoms with Crippen LogP contribution in [0.15, 0.2) is 121 Å². The summed E-state index contributed by atoms with van der Waals surface area (Å²) in [5, 5.41) is 17.5. The number of aryl methyl sites for hydroxylation is 6. The van der Waals surface area contributed by atoms with Gasteiger partial charge >= 0.3 is 5.97 Å². The molecule has 6 aromatic carbocycles. The molecule has 0 bridgehead atoms. The number of aliphatic hydroxyl groups is 1. The lowest BCUT2D eigenvalue weighted by molar-refractivity contribution is -0.139. The summed E-state index contributed by atoms with van der Waals surface area (Å²) in [6.07, 6.45) is 2.70. The molecular weight excluding hydrogens is 751 g/mol. The first-order valence-electron chi connectivity index (χ1n) is 21.8. The monoisotopic (exact) mass is 813 g/mol. The number of nitrogens with zero attached hydrogens (tertiary/aromatic N) is 2. The van der Waals surface area contributed by atoms with Crippen LogP contribution in [-0.4, -0.2) is 43.9 Å². The van der Waals surface area contributed by atoms with E-state index in [-0.39, 0.29) is 17.9 Å². The van der Waals surface area contributed by atoms with E-state index in [1.165, 1.54) is 66.8 Å². The maximum absolute atomic E-state index is 11.9. The fourth-order valence-corrected chi connectivity index (χ4v) is 10.00. The van der Waals surface area contributed by atoms with Crippen LogP contribution in [0, 0.1) is 47.5 Å². The number of hydrogen-bond donors (Lipinski definition) is 2. The molecule has 0 aromatic heterocycles. The van der Waals surface area contributed by atoms with Gasteiger partial charge in [-0.3, -0.25) is 0 Å². The highest BCUT2D eigenvalue weighted by Gasteiger charge is 2.30. The maximum Gasteiger partial charge on any atom is 0.333 e. The zero-order valence-corrected chi connectivity index (χ0v) is 37.6. The van der Waals surface area contributed by atoms with E-state index in [0.29, 0.717) is 24.5 Å². The van der Waals surface area contributed by atoms with Crippen molar-refractivity contribution in [2.45, 2.75) is 92.2 Å². The van der Waals surface area contributed by atoms with Crippen molar-refractivity contribution in [1.82, 2.24) is 0 Å². The summed E-state index contributed by atoms with van der Waals surface area (Å²) < 4.78 is 5.36. The Morgan fingerprint density at radius 3 is 1.69 bits per heavy atom. The molecule has 3 unspecified atom stereocenters. The normalized spacial score (nSPS) is 16.4. The first kappa shape index (κ1) is 43.2. The molecule has 316 valence electrons. The van der Waals surface area contributed by atoms with E-state index in [4.69, 9.17) is 4.74 Å². The number of hydrogen-bond acceptors (Lipinski definition) is 6. The number of nitrogens with one attached hydrogen (secondary N) is 1. The van der Waals surface area contributed by atoms with E-state index in [2.05, 4.69) is 187 Å². The highest BCUT2D eigenvalue weighted by Crippen LogP contribution is 2.42. The van der Waals surface area contributed by atoms with Crippen LogP contribution in [0.3, 0.4) is 0 Å². The van der Waals surface area contributed by atoms with Crippen LogP contribution in [0.1, 0.15) is 88.6 Å². The fourth-order valence-electron chi connectivity index (χ4n) is 10.00. The van der Waals surface area contributed by atoms with Gasteiger partial charge in [0.15, 0.2) is 0 Å². The summed E-state index contributed by atoms with van der Waals surface area (Å²) in [6.45, 7) is 18.8. The molecule has 6 heteroatoms. The molecule has 7 rings (SSSR count). The van der Waals surface area contributed by atoms with Crippen LogP contribution in [0.2, 0.25) is 0 Å². The lowest BCUT2D eigenvalue weighted by atomic mass is 9.81. The van der Waals surface area contributed by atoms with Crippen LogP contribution >= 0.6 is 0 Å². The molecule has 0 radical (unpaired) electrons. The van der Waals surface area contributed by atoms with E-state index >= 15 is 0 Å². The maximum atomic E-state index is 11.9. The van der Waals surface area contributed by atoms with E-state index in [0.717, 1.165) is 41.7 Å². The zero-order valence-electron chi connectivity index (χ0n) is 37.6. The number of anilines is 5. The van der Waals surface area contributed by atoms with Gasteiger partial charge in [0.25, 0.3) is 0 Å². The number of aliphatic hydroxyl groups excluding tert-OH is 1. The van der Waals surface area contributed by atoms with Gasteiger partial charge in [0.05, 0.1) is 18.8 Å². The summed E-state index contributed by atoms with van der Waals surface area (Å²) in [6, 6.07) is 40.3. The lowest BCUT2D eigenvalue weighted by Gasteiger charge is -2.34. The highest BCUT2D eigenvalue weighted by atomic mass is 16.5. The van der Waals surface area contributed by atoms with Gasteiger partial charge in [-0.2, -0.15) is 0 Å². The molecule has 1 aliphatic carbocycles. The highest BCUT2D eigenvalue weighted by molar-refractivity contribution is 5.97. The van der Waals surface area contributed by atoms with E-state index in [1.807, 2.05) is 0 Å². The van der Waals surface area contributed by atoms with Gasteiger partial charge in [0.2, 0.25) is 0 Å². The van der Waals surface area contributed by atoms with E-state index in [9.17, 15) is 9.90 Å². The molecular formula is C55H63N3O3. The van der Waals surface area contributed by atoms with Crippen LogP contribution < -0.4 is 15.1 Å². The third-order valence-electron chi connectivity index (χ3n) is 12.8. The van der Waals surface area contributed by atoms with Crippen molar-refractivity contribution in [3.63, 3.8) is 0 Å². The van der Waals surface area contributed by atoms with Crippen molar-refractivity contribution >= 4 is 45.2 Å². The number of fused-ring (bicyclic) bond motifs is 1. The van der Waals surface area contributed by atoms with Gasteiger partial charge in [0, 0.05) is 59.4 Å². The summed E-state index contributed by atoms with van der Waals surface area (Å²) in [5.74, 6) is -0.0874. The molecule has 0 aliphatic heterocycles. The Labute approximate surface area is 363 Å². The number of benzene rings is 6. The first-order valence-corrected chi connectivity index (χ1v) is 21.8. The number of rotatable bonds is 13. The van der Waals surface area contributed by atoms with E-state index < -0.39 is 6.10 Å². The lowest BCUT2D eigenvalue weighted by Crippen LogP contribution is -2.39. The zero-order chi connectivity index (χ0) is 43.5. The number of ether oxygens (including phenoxy) is 1. The molecule has 0 amide bonds. The molecule has 6 aromatic rings. The van der Waals surface area contributed by atoms with Crippen LogP contribution in [-0.2, 0) is 9.53 Å². The van der Waals surface area contributed by atoms with Crippen molar-refractivity contribution in [3.05, 3.63) is 171 Å². The molecule has 3 atom stereocenters. The second-order valence-corrected chi connectivity index (χ2v) is 17.7. The van der Waals surface area contributed by atoms with Gasteiger partial charge in [-0.25, -0.2) is 4.79 Å². The molecule has 61 heavy (non-hydrogen) atoms. The van der Waals surface area contributed by atoms with Crippen molar-refractivity contribution in [2.75, 3.05) is 35.8 Å². The Hall–Kier alpha value is -5.85. The molecule has 1 aliphatic rings. The summed E-state index contributed by atoms with van der Waals surface area (Å²) in [5.41, 5.74) is 17.5. The predicted octanol–water partition coefficient (Wildman–Crippen LogP) is 12.9. The second-order valence-electron chi connectivity index (χ2n) is 17.7. The van der Waals surface area contributed by atoms with Crippen LogP contribution in [0.4, 0.5) is 28.4 Å². The smallest absolute Gasteiger partial charge is 0.333 e. The molecule has 0 spiro atoms. The Kier molecular flexibility index (Phi) is 13.1. The minimum Gasteiger partial charge on any atom is -0.462 e. The molecule has 1 fully saturated rings.